The molecule has 10 aromatic rings. The molecule has 0 saturated carbocycles. The molecule has 0 N–H and O–H groups in total. The molecule has 0 radical (unpaired) electrons. The van der Waals surface area contributed by atoms with Gasteiger partial charge in [-0.25, -0.2) is 0 Å². The van der Waals surface area contributed by atoms with Crippen LogP contribution in [0.25, 0.3) is 77.2 Å². The summed E-state index contributed by atoms with van der Waals surface area (Å²) in [4.78, 5) is 2.43. The molecule has 1 heteroatoms. The van der Waals surface area contributed by atoms with Gasteiger partial charge in [-0.1, -0.05) is 200 Å². The van der Waals surface area contributed by atoms with E-state index in [0.717, 1.165) is 17.1 Å². The molecule has 10 aromatic carbocycles. The molecule has 0 bridgehead atoms. The second-order valence-corrected chi connectivity index (χ2v) is 14.5. The van der Waals surface area contributed by atoms with Crippen molar-refractivity contribution >= 4 is 38.6 Å². The third-order valence-corrected chi connectivity index (χ3v) is 11.1. The van der Waals surface area contributed by atoms with Crippen molar-refractivity contribution < 1.29 is 0 Å². The van der Waals surface area contributed by atoms with Crippen molar-refractivity contribution in [1.29, 1.82) is 0 Å². The molecule has 0 aromatic heterocycles. The van der Waals surface area contributed by atoms with E-state index in [1.807, 2.05) is 0 Å². The Morgan fingerprint density at radius 3 is 1.33 bits per heavy atom. The first-order chi connectivity index (χ1) is 28.3. The van der Waals surface area contributed by atoms with Crippen LogP contribution in [0, 0.1) is 0 Å². The van der Waals surface area contributed by atoms with Gasteiger partial charge in [0.15, 0.2) is 0 Å². The average molecular weight is 726 g/mol. The Morgan fingerprint density at radius 2 is 0.684 bits per heavy atom. The quantitative estimate of drug-likeness (QED) is 0.141. The first kappa shape index (κ1) is 34.0. The maximum Gasteiger partial charge on any atom is 0.0546 e. The number of hydrogen-bond donors (Lipinski definition) is 0. The van der Waals surface area contributed by atoms with Crippen LogP contribution in [0.4, 0.5) is 17.1 Å². The molecule has 57 heavy (non-hydrogen) atoms. The van der Waals surface area contributed by atoms with E-state index >= 15 is 0 Å². The molecule has 0 aliphatic rings. The van der Waals surface area contributed by atoms with E-state index in [-0.39, 0.29) is 0 Å². The second kappa shape index (κ2) is 15.0. The molecule has 0 atom stereocenters. The summed E-state index contributed by atoms with van der Waals surface area (Å²) in [5.41, 5.74) is 15.2. The van der Waals surface area contributed by atoms with Crippen molar-refractivity contribution in [1.82, 2.24) is 0 Å². The van der Waals surface area contributed by atoms with Crippen LogP contribution in [0.1, 0.15) is 0 Å². The van der Waals surface area contributed by atoms with Crippen LogP contribution in [0.15, 0.2) is 237 Å². The van der Waals surface area contributed by atoms with E-state index in [4.69, 9.17) is 0 Å². The van der Waals surface area contributed by atoms with Gasteiger partial charge in [0.2, 0.25) is 0 Å². The Kier molecular flexibility index (Phi) is 8.95. The van der Waals surface area contributed by atoms with Crippen LogP contribution in [-0.4, -0.2) is 0 Å². The SMILES string of the molecule is c1ccc(-c2ccc(N(c3ccc(-c4cc5ccccc5c5ccccc45)cc3)c3cccc(-c4ccccc4)c3-c3ccccc3-c3ccccc3)cc2)cc1. The van der Waals surface area contributed by atoms with Crippen LogP contribution < -0.4 is 4.90 Å². The first-order valence-corrected chi connectivity index (χ1v) is 19.6. The highest BCUT2D eigenvalue weighted by atomic mass is 15.1. The minimum atomic E-state index is 1.08. The van der Waals surface area contributed by atoms with E-state index in [0.29, 0.717) is 0 Å². The molecule has 1 nitrogen and oxygen atoms in total. The highest BCUT2D eigenvalue weighted by Crippen LogP contribution is 2.48. The zero-order valence-corrected chi connectivity index (χ0v) is 31.5. The van der Waals surface area contributed by atoms with Gasteiger partial charge in [-0.05, 0) is 108 Å². The van der Waals surface area contributed by atoms with Crippen LogP contribution in [-0.2, 0) is 0 Å². The topological polar surface area (TPSA) is 3.24 Å². The van der Waals surface area contributed by atoms with Crippen LogP contribution in [0.2, 0.25) is 0 Å². The average Bonchev–Trinajstić information content (AvgIpc) is 3.30. The lowest BCUT2D eigenvalue weighted by Crippen LogP contribution is -2.12. The van der Waals surface area contributed by atoms with Crippen molar-refractivity contribution in [2.75, 3.05) is 4.90 Å². The molecule has 10 rings (SSSR count). The van der Waals surface area contributed by atoms with Gasteiger partial charge in [0.05, 0.1) is 5.69 Å². The smallest absolute Gasteiger partial charge is 0.0546 e. The van der Waals surface area contributed by atoms with Crippen molar-refractivity contribution in [2.45, 2.75) is 0 Å². The van der Waals surface area contributed by atoms with Crippen LogP contribution in [0.3, 0.4) is 0 Å². The summed E-state index contributed by atoms with van der Waals surface area (Å²) in [6.45, 7) is 0. The number of benzene rings is 10. The van der Waals surface area contributed by atoms with Crippen molar-refractivity contribution in [3.05, 3.63) is 237 Å². The van der Waals surface area contributed by atoms with E-state index in [1.54, 1.807) is 0 Å². The highest BCUT2D eigenvalue weighted by Gasteiger charge is 2.23. The van der Waals surface area contributed by atoms with Crippen molar-refractivity contribution in [3.8, 4) is 55.6 Å². The van der Waals surface area contributed by atoms with Gasteiger partial charge in [0.1, 0.15) is 0 Å². The summed E-state index contributed by atoms with van der Waals surface area (Å²) < 4.78 is 0. The van der Waals surface area contributed by atoms with E-state index in [9.17, 15) is 0 Å². The lowest BCUT2D eigenvalue weighted by atomic mass is 9.87. The maximum absolute atomic E-state index is 2.43. The standard InChI is InChI=1S/C56H39N/c1-4-17-40(18-5-1)41-31-35-46(36-32-41)57(47-37-33-44(34-38-47)54-39-45-23-10-11-25-49(45)51-26-13-14-27-52(51)54)55-30-16-29-50(43-21-8-3-9-22-43)56(55)53-28-15-12-24-48(53)42-19-6-2-7-20-42/h1-39H. The molecule has 0 amide bonds. The zero-order valence-electron chi connectivity index (χ0n) is 31.5. The van der Waals surface area contributed by atoms with Crippen LogP contribution in [0.5, 0.6) is 0 Å². The molecular formula is C56H39N. The van der Waals surface area contributed by atoms with Gasteiger partial charge in [0, 0.05) is 16.9 Å². The highest BCUT2D eigenvalue weighted by molar-refractivity contribution is 6.14. The fourth-order valence-corrected chi connectivity index (χ4v) is 8.38. The second-order valence-electron chi connectivity index (χ2n) is 14.5. The minimum Gasteiger partial charge on any atom is -0.310 e. The molecule has 0 spiro atoms. The Labute approximate surface area is 334 Å². The van der Waals surface area contributed by atoms with E-state index in [1.165, 1.54) is 77.2 Å². The molecule has 0 fully saturated rings. The Morgan fingerprint density at radius 1 is 0.246 bits per heavy atom. The summed E-state index contributed by atoms with van der Waals surface area (Å²) in [6.07, 6.45) is 0. The molecule has 268 valence electrons. The van der Waals surface area contributed by atoms with Crippen molar-refractivity contribution in [2.24, 2.45) is 0 Å². The van der Waals surface area contributed by atoms with Gasteiger partial charge >= 0.3 is 0 Å². The van der Waals surface area contributed by atoms with Crippen molar-refractivity contribution in [3.63, 3.8) is 0 Å². The lowest BCUT2D eigenvalue weighted by molar-refractivity contribution is 1.28. The number of hydrogen-bond acceptors (Lipinski definition) is 1. The lowest BCUT2D eigenvalue weighted by Gasteiger charge is -2.30. The molecule has 0 heterocycles. The molecule has 0 aliphatic heterocycles. The third-order valence-electron chi connectivity index (χ3n) is 11.1. The van der Waals surface area contributed by atoms with Gasteiger partial charge in [-0.3, -0.25) is 0 Å². The normalized spacial score (nSPS) is 11.2. The van der Waals surface area contributed by atoms with Gasteiger partial charge in [-0.15, -0.1) is 0 Å². The largest absolute Gasteiger partial charge is 0.310 e. The minimum absolute atomic E-state index is 1.08. The summed E-state index contributed by atoms with van der Waals surface area (Å²) in [5.74, 6) is 0. The number of anilines is 3. The van der Waals surface area contributed by atoms with Crippen LogP contribution >= 0.6 is 0 Å². The van der Waals surface area contributed by atoms with Gasteiger partial charge in [0.25, 0.3) is 0 Å². The Hall–Kier alpha value is -7.48. The third kappa shape index (κ3) is 6.46. The zero-order chi connectivity index (χ0) is 38.0. The molecular weight excluding hydrogens is 687 g/mol. The van der Waals surface area contributed by atoms with E-state index < -0.39 is 0 Å². The van der Waals surface area contributed by atoms with E-state index in [2.05, 4.69) is 241 Å². The molecule has 0 saturated heterocycles. The Balaban J connectivity index is 1.20. The number of nitrogens with zero attached hydrogens (tertiary/aromatic N) is 1. The summed E-state index contributed by atoms with van der Waals surface area (Å²) in [7, 11) is 0. The summed E-state index contributed by atoms with van der Waals surface area (Å²) >= 11 is 0. The number of fused-ring (bicyclic) bond motifs is 3. The fourth-order valence-electron chi connectivity index (χ4n) is 8.38. The van der Waals surface area contributed by atoms with Gasteiger partial charge in [-0.2, -0.15) is 0 Å². The fraction of sp³-hybridized carbons (Fsp3) is 0. The maximum atomic E-state index is 2.43. The molecule has 0 aliphatic carbocycles. The summed E-state index contributed by atoms with van der Waals surface area (Å²) in [5, 5.41) is 5.05. The monoisotopic (exact) mass is 725 g/mol. The van der Waals surface area contributed by atoms with Gasteiger partial charge < -0.3 is 4.90 Å². The first-order valence-electron chi connectivity index (χ1n) is 19.6. The predicted molar refractivity (Wildman–Crippen MR) is 243 cm³/mol. The summed E-state index contributed by atoms with van der Waals surface area (Å²) in [6, 6.07) is 85.7. The predicted octanol–water partition coefficient (Wildman–Crippen LogP) is 15.8. The number of rotatable bonds is 8. The Bertz CT molecular complexity index is 2970. The molecule has 0 unspecified atom stereocenters.